The highest BCUT2D eigenvalue weighted by atomic mass is 32.2. The lowest BCUT2D eigenvalue weighted by molar-refractivity contribution is 0.608. The van der Waals surface area contributed by atoms with Crippen LogP contribution in [0.4, 0.5) is 0 Å². The monoisotopic (exact) mass is 234 g/mol. The second-order valence-corrected chi connectivity index (χ2v) is 6.01. The fourth-order valence-corrected chi connectivity index (χ4v) is 2.55. The van der Waals surface area contributed by atoms with Crippen LogP contribution in [0.3, 0.4) is 0 Å². The van der Waals surface area contributed by atoms with E-state index in [1.165, 1.54) is 11.8 Å². The zero-order chi connectivity index (χ0) is 11.6. The number of sulfone groups is 1. The van der Waals surface area contributed by atoms with Crippen molar-refractivity contribution in [1.29, 1.82) is 0 Å². The van der Waals surface area contributed by atoms with Crippen LogP contribution in [0.1, 0.15) is 17.9 Å². The summed E-state index contributed by atoms with van der Waals surface area (Å²) in [5, 5.41) is 0. The number of benzene rings is 1. The number of allylic oxidation sites excluding steroid dienone is 3. The van der Waals surface area contributed by atoms with Crippen LogP contribution in [0.2, 0.25) is 0 Å². The minimum absolute atomic E-state index is 0.298. The fourth-order valence-electron chi connectivity index (χ4n) is 1.82. The molecule has 1 aliphatic carbocycles. The lowest BCUT2D eigenvalue weighted by atomic mass is 9.93. The summed E-state index contributed by atoms with van der Waals surface area (Å²) in [6, 6.07) is 10.1. The summed E-state index contributed by atoms with van der Waals surface area (Å²) in [6.45, 7) is 0. The molecule has 1 unspecified atom stereocenters. The van der Waals surface area contributed by atoms with Crippen LogP contribution >= 0.6 is 0 Å². The van der Waals surface area contributed by atoms with Crippen molar-refractivity contribution in [1.82, 2.24) is 0 Å². The molecule has 1 aromatic carbocycles. The maximum absolute atomic E-state index is 11.3. The topological polar surface area (TPSA) is 34.1 Å². The van der Waals surface area contributed by atoms with E-state index in [4.69, 9.17) is 0 Å². The van der Waals surface area contributed by atoms with E-state index in [0.717, 1.165) is 6.42 Å². The molecule has 1 atom stereocenters. The average molecular weight is 234 g/mol. The normalized spacial score (nSPS) is 20.6. The number of hydrogen-bond acceptors (Lipinski definition) is 2. The Labute approximate surface area is 96.2 Å². The molecule has 2 rings (SSSR count). The molecule has 1 aromatic rings. The van der Waals surface area contributed by atoms with Gasteiger partial charge in [-0.15, -0.1) is 0 Å². The summed E-state index contributed by atoms with van der Waals surface area (Å²) in [4.78, 5) is 0.430. The van der Waals surface area contributed by atoms with Gasteiger partial charge in [-0.1, -0.05) is 42.5 Å². The first kappa shape index (κ1) is 11.1. The molecule has 0 N–H and O–H groups in total. The highest BCUT2D eigenvalue weighted by Crippen LogP contribution is 2.27. The van der Waals surface area contributed by atoms with Crippen molar-refractivity contribution in [2.24, 2.45) is 0 Å². The molecule has 3 heteroatoms. The summed E-state index contributed by atoms with van der Waals surface area (Å²) < 4.78 is 22.6. The molecular formula is C13H14O2S. The number of hydrogen-bond donors (Lipinski definition) is 0. The van der Waals surface area contributed by atoms with Crippen molar-refractivity contribution >= 4 is 9.84 Å². The van der Waals surface area contributed by atoms with E-state index in [1.807, 2.05) is 24.3 Å². The molecular weight excluding hydrogens is 220 g/mol. The second kappa shape index (κ2) is 4.26. The fraction of sp³-hybridized carbons (Fsp3) is 0.231. The van der Waals surface area contributed by atoms with E-state index in [2.05, 4.69) is 12.1 Å². The minimum Gasteiger partial charge on any atom is -0.224 e. The molecule has 0 aromatic heterocycles. The third-order valence-corrected chi connectivity index (χ3v) is 3.88. The molecule has 16 heavy (non-hydrogen) atoms. The van der Waals surface area contributed by atoms with E-state index >= 15 is 0 Å². The van der Waals surface area contributed by atoms with Gasteiger partial charge in [0.05, 0.1) is 4.91 Å². The predicted molar refractivity (Wildman–Crippen MR) is 65.9 cm³/mol. The van der Waals surface area contributed by atoms with E-state index < -0.39 is 9.84 Å². The smallest absolute Gasteiger partial charge is 0.175 e. The van der Waals surface area contributed by atoms with Crippen molar-refractivity contribution in [2.45, 2.75) is 12.3 Å². The Morgan fingerprint density at radius 1 is 1.19 bits per heavy atom. The molecule has 0 amide bonds. The maximum atomic E-state index is 11.3. The zero-order valence-corrected chi connectivity index (χ0v) is 9.94. The van der Waals surface area contributed by atoms with Crippen molar-refractivity contribution in [2.75, 3.05) is 6.26 Å². The number of rotatable bonds is 2. The summed E-state index contributed by atoms with van der Waals surface area (Å²) in [5.41, 5.74) is 1.22. The zero-order valence-electron chi connectivity index (χ0n) is 9.13. The summed E-state index contributed by atoms with van der Waals surface area (Å²) >= 11 is 0. The molecule has 0 spiro atoms. The average Bonchev–Trinajstić information content (AvgIpc) is 2.29. The molecule has 84 valence electrons. The van der Waals surface area contributed by atoms with E-state index in [-0.39, 0.29) is 0 Å². The Morgan fingerprint density at radius 2 is 1.88 bits per heavy atom. The van der Waals surface area contributed by atoms with E-state index in [9.17, 15) is 8.42 Å². The summed E-state index contributed by atoms with van der Waals surface area (Å²) in [7, 11) is -3.06. The van der Waals surface area contributed by atoms with Crippen molar-refractivity contribution in [3.63, 3.8) is 0 Å². The first-order chi connectivity index (χ1) is 7.57. The van der Waals surface area contributed by atoms with Crippen LogP contribution in [0.5, 0.6) is 0 Å². The Balaban J connectivity index is 2.19. The van der Waals surface area contributed by atoms with Crippen LogP contribution in [0, 0.1) is 0 Å². The highest BCUT2D eigenvalue weighted by molar-refractivity contribution is 7.94. The van der Waals surface area contributed by atoms with Gasteiger partial charge < -0.3 is 0 Å². The third kappa shape index (κ3) is 2.42. The SMILES string of the molecule is CS(=O)(=O)C1=CCC(c2ccccc2)C=C1. The van der Waals surface area contributed by atoms with Gasteiger partial charge in [0, 0.05) is 12.2 Å². The van der Waals surface area contributed by atoms with Gasteiger partial charge in [0.15, 0.2) is 9.84 Å². The van der Waals surface area contributed by atoms with Gasteiger partial charge in [-0.25, -0.2) is 8.42 Å². The van der Waals surface area contributed by atoms with Gasteiger partial charge in [-0.05, 0) is 18.1 Å². The van der Waals surface area contributed by atoms with Gasteiger partial charge in [0.2, 0.25) is 0 Å². The van der Waals surface area contributed by atoms with E-state index in [0.29, 0.717) is 10.8 Å². The van der Waals surface area contributed by atoms with E-state index in [1.54, 1.807) is 12.2 Å². The molecule has 0 heterocycles. The first-order valence-corrected chi connectivity index (χ1v) is 7.10. The van der Waals surface area contributed by atoms with Crippen LogP contribution in [0.25, 0.3) is 0 Å². The second-order valence-electron chi connectivity index (χ2n) is 3.99. The molecule has 0 radical (unpaired) electrons. The standard InChI is InChI=1S/C13H14O2S/c1-16(14,15)13-9-7-12(8-10-13)11-5-3-2-4-6-11/h2-7,9-10,12H,8H2,1H3. The van der Waals surface area contributed by atoms with Crippen LogP contribution in [0.15, 0.2) is 53.5 Å². The summed E-state index contributed by atoms with van der Waals surface area (Å²) in [6.07, 6.45) is 7.46. The Morgan fingerprint density at radius 3 is 2.38 bits per heavy atom. The molecule has 0 aliphatic heterocycles. The molecule has 0 saturated heterocycles. The van der Waals surface area contributed by atoms with Gasteiger partial charge in [-0.2, -0.15) is 0 Å². The molecule has 0 fully saturated rings. The van der Waals surface area contributed by atoms with Gasteiger partial charge in [0.25, 0.3) is 0 Å². The maximum Gasteiger partial charge on any atom is 0.175 e. The molecule has 2 nitrogen and oxygen atoms in total. The lowest BCUT2D eigenvalue weighted by Gasteiger charge is -2.15. The van der Waals surface area contributed by atoms with Crippen LogP contribution in [-0.2, 0) is 9.84 Å². The van der Waals surface area contributed by atoms with Gasteiger partial charge >= 0.3 is 0 Å². The molecule has 0 saturated carbocycles. The minimum atomic E-state index is -3.06. The quantitative estimate of drug-likeness (QED) is 0.788. The van der Waals surface area contributed by atoms with Crippen molar-refractivity contribution in [3.05, 3.63) is 59.0 Å². The Kier molecular flexibility index (Phi) is 2.97. The molecule has 1 aliphatic rings. The highest BCUT2D eigenvalue weighted by Gasteiger charge is 2.15. The van der Waals surface area contributed by atoms with Gasteiger partial charge in [-0.3, -0.25) is 0 Å². The van der Waals surface area contributed by atoms with Crippen LogP contribution in [-0.4, -0.2) is 14.7 Å². The Hall–Kier alpha value is -1.35. The first-order valence-electron chi connectivity index (χ1n) is 5.21. The summed E-state index contributed by atoms with van der Waals surface area (Å²) in [5.74, 6) is 0.298. The van der Waals surface area contributed by atoms with Crippen molar-refractivity contribution in [3.8, 4) is 0 Å². The Bertz CT molecular complexity index is 524. The predicted octanol–water partition coefficient (Wildman–Crippen LogP) is 2.66. The lowest BCUT2D eigenvalue weighted by Crippen LogP contribution is -2.04. The molecule has 0 bridgehead atoms. The van der Waals surface area contributed by atoms with Crippen molar-refractivity contribution < 1.29 is 8.42 Å². The largest absolute Gasteiger partial charge is 0.224 e. The third-order valence-electron chi connectivity index (χ3n) is 2.72. The van der Waals surface area contributed by atoms with Gasteiger partial charge in [0.1, 0.15) is 0 Å². The van der Waals surface area contributed by atoms with Crippen LogP contribution < -0.4 is 0 Å².